The molecule has 0 aliphatic carbocycles. The van der Waals surface area contributed by atoms with Crippen LogP contribution in [0.5, 0.6) is 0 Å². The van der Waals surface area contributed by atoms with Gasteiger partial charge in [-0.15, -0.1) is 0 Å². The summed E-state index contributed by atoms with van der Waals surface area (Å²) in [5.41, 5.74) is 4.37. The number of nitrogens with one attached hydrogen (secondary N) is 1. The predicted molar refractivity (Wildman–Crippen MR) is 71.0 cm³/mol. The third-order valence-electron chi connectivity index (χ3n) is 4.08. The Kier molecular flexibility index (Phi) is 2.17. The SMILES string of the molecule is CON1C(C)(C)c2cc3nc[nH]c3cc2C1(C)C. The molecular formula is C14H19N3O. The van der Waals surface area contributed by atoms with Crippen LogP contribution in [0.1, 0.15) is 38.8 Å². The summed E-state index contributed by atoms with van der Waals surface area (Å²) in [5.74, 6) is 0. The van der Waals surface area contributed by atoms with Gasteiger partial charge in [-0.05, 0) is 51.0 Å². The highest BCUT2D eigenvalue weighted by Crippen LogP contribution is 2.49. The van der Waals surface area contributed by atoms with Gasteiger partial charge in [0.05, 0.1) is 35.5 Å². The number of nitrogens with zero attached hydrogens (tertiary/aromatic N) is 2. The molecule has 0 atom stereocenters. The highest BCUT2D eigenvalue weighted by Gasteiger charge is 2.50. The van der Waals surface area contributed by atoms with E-state index in [-0.39, 0.29) is 11.1 Å². The molecule has 0 unspecified atom stereocenters. The van der Waals surface area contributed by atoms with Gasteiger partial charge in [0, 0.05) is 0 Å². The van der Waals surface area contributed by atoms with Crippen molar-refractivity contribution in [3.63, 3.8) is 0 Å². The molecule has 0 saturated heterocycles. The van der Waals surface area contributed by atoms with E-state index < -0.39 is 0 Å². The van der Waals surface area contributed by atoms with Crippen molar-refractivity contribution in [2.45, 2.75) is 38.8 Å². The Morgan fingerprint density at radius 3 is 2.33 bits per heavy atom. The second kappa shape index (κ2) is 3.33. The molecule has 4 heteroatoms. The standard InChI is InChI=1S/C14H19N3O/c1-13(2)9-6-11-12(16-8-15-11)7-10(9)14(3,4)17(13)18-5/h6-8H,1-5H3,(H,15,16). The van der Waals surface area contributed by atoms with Crippen LogP contribution in [0.25, 0.3) is 11.0 Å². The van der Waals surface area contributed by atoms with Gasteiger partial charge in [0.1, 0.15) is 0 Å². The maximum Gasteiger partial charge on any atom is 0.0931 e. The van der Waals surface area contributed by atoms with Crippen LogP contribution in [0.3, 0.4) is 0 Å². The number of imidazole rings is 1. The summed E-state index contributed by atoms with van der Waals surface area (Å²) in [6.45, 7) is 8.74. The molecule has 3 rings (SSSR count). The van der Waals surface area contributed by atoms with E-state index >= 15 is 0 Å². The lowest BCUT2D eigenvalue weighted by atomic mass is 9.90. The van der Waals surface area contributed by atoms with Crippen molar-refractivity contribution in [3.8, 4) is 0 Å². The minimum Gasteiger partial charge on any atom is -0.345 e. The first-order chi connectivity index (χ1) is 8.39. The number of fused-ring (bicyclic) bond motifs is 2. The van der Waals surface area contributed by atoms with E-state index in [4.69, 9.17) is 4.84 Å². The number of hydrogen-bond donors (Lipinski definition) is 1. The van der Waals surface area contributed by atoms with Crippen molar-refractivity contribution in [1.82, 2.24) is 15.0 Å². The number of hydrogen-bond acceptors (Lipinski definition) is 3. The van der Waals surface area contributed by atoms with Crippen molar-refractivity contribution in [3.05, 3.63) is 29.6 Å². The van der Waals surface area contributed by atoms with Crippen molar-refractivity contribution in [2.75, 3.05) is 7.11 Å². The Balaban J connectivity index is 2.34. The molecule has 18 heavy (non-hydrogen) atoms. The van der Waals surface area contributed by atoms with Crippen molar-refractivity contribution in [1.29, 1.82) is 0 Å². The lowest BCUT2D eigenvalue weighted by molar-refractivity contribution is -0.241. The molecule has 0 radical (unpaired) electrons. The van der Waals surface area contributed by atoms with E-state index in [1.54, 1.807) is 13.4 Å². The molecule has 0 fully saturated rings. The summed E-state index contributed by atoms with van der Waals surface area (Å²) in [6.07, 6.45) is 1.74. The predicted octanol–water partition coefficient (Wildman–Crippen LogP) is 2.91. The van der Waals surface area contributed by atoms with Crippen LogP contribution in [0.2, 0.25) is 0 Å². The molecule has 1 N–H and O–H groups in total. The molecular weight excluding hydrogens is 226 g/mol. The number of rotatable bonds is 1. The van der Waals surface area contributed by atoms with Gasteiger partial charge in [0.2, 0.25) is 0 Å². The fourth-order valence-electron chi connectivity index (χ4n) is 3.37. The molecule has 0 bridgehead atoms. The zero-order chi connectivity index (χ0) is 13.1. The van der Waals surface area contributed by atoms with Gasteiger partial charge in [0.25, 0.3) is 0 Å². The van der Waals surface area contributed by atoms with Crippen LogP contribution in [0.4, 0.5) is 0 Å². The molecule has 1 aliphatic rings. The number of aromatic amines is 1. The van der Waals surface area contributed by atoms with E-state index in [2.05, 4.69) is 54.9 Å². The molecule has 2 aromatic rings. The van der Waals surface area contributed by atoms with Gasteiger partial charge in [-0.1, -0.05) is 0 Å². The molecule has 2 heterocycles. The van der Waals surface area contributed by atoms with Crippen LogP contribution in [0, 0.1) is 0 Å². The fraction of sp³-hybridized carbons (Fsp3) is 0.500. The van der Waals surface area contributed by atoms with Gasteiger partial charge in [-0.25, -0.2) is 4.98 Å². The molecule has 96 valence electrons. The van der Waals surface area contributed by atoms with E-state index in [0.29, 0.717) is 0 Å². The summed E-state index contributed by atoms with van der Waals surface area (Å²) < 4.78 is 0. The van der Waals surface area contributed by atoms with Crippen molar-refractivity contribution in [2.24, 2.45) is 0 Å². The second-order valence-corrected chi connectivity index (χ2v) is 5.91. The number of aromatic nitrogens is 2. The van der Waals surface area contributed by atoms with Crippen LogP contribution < -0.4 is 0 Å². The first-order valence-electron chi connectivity index (χ1n) is 6.21. The zero-order valence-corrected chi connectivity index (χ0v) is 11.5. The maximum absolute atomic E-state index is 5.63. The Bertz CT molecular complexity index is 563. The third-order valence-corrected chi connectivity index (χ3v) is 4.08. The van der Waals surface area contributed by atoms with E-state index in [1.165, 1.54) is 11.1 Å². The lowest BCUT2D eigenvalue weighted by Gasteiger charge is -2.38. The topological polar surface area (TPSA) is 41.1 Å². The first-order valence-corrected chi connectivity index (χ1v) is 6.21. The van der Waals surface area contributed by atoms with Gasteiger partial charge in [0.15, 0.2) is 0 Å². The van der Waals surface area contributed by atoms with Crippen LogP contribution >= 0.6 is 0 Å². The monoisotopic (exact) mass is 245 g/mol. The van der Waals surface area contributed by atoms with Gasteiger partial charge < -0.3 is 9.82 Å². The number of H-pyrrole nitrogens is 1. The molecule has 0 spiro atoms. The van der Waals surface area contributed by atoms with Gasteiger partial charge in [-0.3, -0.25) is 0 Å². The normalized spacial score (nSPS) is 21.4. The number of benzene rings is 1. The largest absolute Gasteiger partial charge is 0.345 e. The van der Waals surface area contributed by atoms with Crippen molar-refractivity contribution >= 4 is 11.0 Å². The highest BCUT2D eigenvalue weighted by molar-refractivity contribution is 5.78. The Labute approximate surface area is 107 Å². The second-order valence-electron chi connectivity index (χ2n) is 5.91. The van der Waals surface area contributed by atoms with Crippen LogP contribution in [-0.2, 0) is 15.9 Å². The fourth-order valence-corrected chi connectivity index (χ4v) is 3.37. The van der Waals surface area contributed by atoms with Gasteiger partial charge in [-0.2, -0.15) is 5.06 Å². The highest BCUT2D eigenvalue weighted by atomic mass is 16.7. The zero-order valence-electron chi connectivity index (χ0n) is 11.5. The average molecular weight is 245 g/mol. The lowest BCUT2D eigenvalue weighted by Crippen LogP contribution is -2.44. The quantitative estimate of drug-likeness (QED) is 0.840. The summed E-state index contributed by atoms with van der Waals surface area (Å²) in [5, 5.41) is 2.06. The maximum atomic E-state index is 5.63. The van der Waals surface area contributed by atoms with E-state index in [9.17, 15) is 0 Å². The van der Waals surface area contributed by atoms with Crippen LogP contribution in [-0.4, -0.2) is 22.1 Å². The Morgan fingerprint density at radius 2 is 1.72 bits per heavy atom. The van der Waals surface area contributed by atoms with Crippen LogP contribution in [0.15, 0.2) is 18.5 Å². The average Bonchev–Trinajstić information content (AvgIpc) is 2.78. The first kappa shape index (κ1) is 11.7. The third kappa shape index (κ3) is 1.25. The van der Waals surface area contributed by atoms with E-state index in [1.807, 2.05) is 0 Å². The summed E-state index contributed by atoms with van der Waals surface area (Å²) in [4.78, 5) is 13.2. The van der Waals surface area contributed by atoms with E-state index in [0.717, 1.165) is 11.0 Å². The minimum absolute atomic E-state index is 0.146. The summed E-state index contributed by atoms with van der Waals surface area (Å²) >= 11 is 0. The molecule has 4 nitrogen and oxygen atoms in total. The summed E-state index contributed by atoms with van der Waals surface area (Å²) in [7, 11) is 1.74. The van der Waals surface area contributed by atoms with Crippen molar-refractivity contribution < 1.29 is 4.84 Å². The smallest absolute Gasteiger partial charge is 0.0931 e. The number of hydroxylamine groups is 2. The molecule has 0 amide bonds. The molecule has 1 aromatic carbocycles. The molecule has 1 aromatic heterocycles. The Hall–Kier alpha value is -1.39. The Morgan fingerprint density at radius 1 is 1.11 bits per heavy atom. The molecule has 1 aliphatic heterocycles. The molecule has 0 saturated carbocycles. The van der Waals surface area contributed by atoms with Gasteiger partial charge >= 0.3 is 0 Å². The summed E-state index contributed by atoms with van der Waals surface area (Å²) in [6, 6.07) is 4.36. The minimum atomic E-state index is -0.152.